The Morgan fingerprint density at radius 2 is 2.00 bits per heavy atom. The zero-order valence-electron chi connectivity index (χ0n) is 13.0. The van der Waals surface area contributed by atoms with Crippen molar-refractivity contribution in [2.45, 2.75) is 25.7 Å². The quantitative estimate of drug-likeness (QED) is 0.634. The number of hydrogen-bond acceptors (Lipinski definition) is 2. The van der Waals surface area contributed by atoms with E-state index in [2.05, 4.69) is 35.6 Å². The van der Waals surface area contributed by atoms with Crippen molar-refractivity contribution < 1.29 is 4.39 Å². The second-order valence-electron chi connectivity index (χ2n) is 5.85. The summed E-state index contributed by atoms with van der Waals surface area (Å²) in [4.78, 5) is 5.73. The number of guanidine groups is 1. The number of benzene rings is 1. The van der Waals surface area contributed by atoms with Gasteiger partial charge in [0, 0.05) is 16.8 Å². The first-order valence-corrected chi connectivity index (χ1v) is 8.17. The van der Waals surface area contributed by atoms with Crippen LogP contribution in [0.15, 0.2) is 46.8 Å². The average Bonchev–Trinajstić information content (AvgIpc) is 2.99. The van der Waals surface area contributed by atoms with Gasteiger partial charge in [-0.15, -0.1) is 11.3 Å². The zero-order chi connectivity index (χ0) is 16.0. The molecule has 0 aliphatic carbocycles. The van der Waals surface area contributed by atoms with Gasteiger partial charge in [0.05, 0.1) is 6.54 Å². The first-order chi connectivity index (χ1) is 10.5. The zero-order valence-corrected chi connectivity index (χ0v) is 13.8. The van der Waals surface area contributed by atoms with E-state index in [4.69, 9.17) is 5.73 Å². The number of thiophene rings is 1. The molecule has 0 atom stereocenters. The van der Waals surface area contributed by atoms with Gasteiger partial charge in [-0.3, -0.25) is 4.99 Å². The molecule has 0 fully saturated rings. The Balaban J connectivity index is 1.84. The van der Waals surface area contributed by atoms with E-state index in [0.717, 1.165) is 18.5 Å². The minimum Gasteiger partial charge on any atom is -0.370 e. The fourth-order valence-corrected chi connectivity index (χ4v) is 2.81. The Hall–Kier alpha value is -1.88. The first-order valence-electron chi connectivity index (χ1n) is 7.29. The summed E-state index contributed by atoms with van der Waals surface area (Å²) in [5.41, 5.74) is 6.76. The lowest BCUT2D eigenvalue weighted by Crippen LogP contribution is -2.35. The third-order valence-electron chi connectivity index (χ3n) is 3.53. The normalized spacial score (nSPS) is 12.4. The van der Waals surface area contributed by atoms with E-state index < -0.39 is 0 Å². The molecule has 2 rings (SSSR count). The Bertz CT molecular complexity index is 603. The number of aliphatic imine (C=N–C) groups is 1. The lowest BCUT2D eigenvalue weighted by atomic mass is 9.85. The second-order valence-corrected chi connectivity index (χ2v) is 6.88. The molecule has 1 aromatic heterocycles. The van der Waals surface area contributed by atoms with Crippen LogP contribution in [0.2, 0.25) is 0 Å². The molecule has 0 radical (unpaired) electrons. The highest BCUT2D eigenvalue weighted by Crippen LogP contribution is 2.23. The molecule has 0 unspecified atom stereocenters. The van der Waals surface area contributed by atoms with Crippen molar-refractivity contribution in [3.05, 3.63) is 58.0 Å². The van der Waals surface area contributed by atoms with Crippen LogP contribution in [-0.2, 0) is 11.8 Å². The monoisotopic (exact) mass is 319 g/mol. The van der Waals surface area contributed by atoms with Crippen LogP contribution in [-0.4, -0.2) is 19.0 Å². The van der Waals surface area contributed by atoms with Crippen molar-refractivity contribution in [2.24, 2.45) is 10.7 Å². The summed E-state index contributed by atoms with van der Waals surface area (Å²) in [6.45, 7) is 5.47. The van der Waals surface area contributed by atoms with Crippen LogP contribution in [0, 0.1) is 5.82 Å². The van der Waals surface area contributed by atoms with Crippen molar-refractivity contribution in [2.75, 3.05) is 13.1 Å². The van der Waals surface area contributed by atoms with Gasteiger partial charge in [0.15, 0.2) is 5.96 Å². The third-order valence-corrected chi connectivity index (χ3v) is 4.46. The number of rotatable bonds is 6. The number of nitrogens with zero attached hydrogens (tertiary/aromatic N) is 1. The van der Waals surface area contributed by atoms with Crippen LogP contribution >= 0.6 is 11.3 Å². The van der Waals surface area contributed by atoms with Gasteiger partial charge in [-0.1, -0.05) is 32.0 Å². The lowest BCUT2D eigenvalue weighted by Gasteiger charge is -2.23. The van der Waals surface area contributed by atoms with Crippen LogP contribution < -0.4 is 11.1 Å². The SMILES string of the molecule is CC(C)(CN=C(N)NCCc1cccs1)c1ccc(F)cc1. The lowest BCUT2D eigenvalue weighted by molar-refractivity contribution is 0.536. The fraction of sp³-hybridized carbons (Fsp3) is 0.353. The van der Waals surface area contributed by atoms with Gasteiger partial charge in [-0.25, -0.2) is 4.39 Å². The van der Waals surface area contributed by atoms with Gasteiger partial charge in [-0.05, 0) is 35.6 Å². The van der Waals surface area contributed by atoms with Crippen molar-refractivity contribution in [3.8, 4) is 0 Å². The Morgan fingerprint density at radius 1 is 1.27 bits per heavy atom. The van der Waals surface area contributed by atoms with Crippen LogP contribution in [0.4, 0.5) is 4.39 Å². The minimum atomic E-state index is -0.224. The molecule has 0 bridgehead atoms. The van der Waals surface area contributed by atoms with Crippen molar-refractivity contribution in [1.82, 2.24) is 5.32 Å². The summed E-state index contributed by atoms with van der Waals surface area (Å²) in [7, 11) is 0. The summed E-state index contributed by atoms with van der Waals surface area (Å²) in [6.07, 6.45) is 0.940. The molecule has 0 spiro atoms. The van der Waals surface area contributed by atoms with Gasteiger partial charge in [-0.2, -0.15) is 0 Å². The molecule has 3 N–H and O–H groups in total. The fourth-order valence-electron chi connectivity index (χ4n) is 2.10. The Labute approximate surface area is 135 Å². The van der Waals surface area contributed by atoms with Crippen LogP contribution in [0.1, 0.15) is 24.3 Å². The number of nitrogens with two attached hydrogens (primary N) is 1. The summed E-state index contributed by atoms with van der Waals surface area (Å²) >= 11 is 1.74. The second kappa shape index (κ2) is 7.40. The molecule has 0 saturated carbocycles. The van der Waals surface area contributed by atoms with Crippen molar-refractivity contribution in [1.29, 1.82) is 0 Å². The summed E-state index contributed by atoms with van der Waals surface area (Å²) in [6, 6.07) is 10.7. The van der Waals surface area contributed by atoms with E-state index in [9.17, 15) is 4.39 Å². The predicted molar refractivity (Wildman–Crippen MR) is 91.9 cm³/mol. The first kappa shape index (κ1) is 16.5. The molecule has 3 nitrogen and oxygen atoms in total. The maximum atomic E-state index is 13.0. The molecule has 1 heterocycles. The molecular weight excluding hydrogens is 297 g/mol. The molecule has 0 aliphatic rings. The van der Waals surface area contributed by atoms with E-state index in [1.165, 1.54) is 17.0 Å². The van der Waals surface area contributed by atoms with E-state index in [1.807, 2.05) is 6.07 Å². The van der Waals surface area contributed by atoms with Gasteiger partial charge >= 0.3 is 0 Å². The number of nitrogens with one attached hydrogen (secondary N) is 1. The average molecular weight is 319 g/mol. The van der Waals surface area contributed by atoms with Gasteiger partial charge in [0.2, 0.25) is 0 Å². The summed E-state index contributed by atoms with van der Waals surface area (Å²) in [5.74, 6) is 0.226. The van der Waals surface area contributed by atoms with Crippen LogP contribution in [0.25, 0.3) is 0 Å². The van der Waals surface area contributed by atoms with Gasteiger partial charge in [0.1, 0.15) is 5.82 Å². The minimum absolute atomic E-state index is 0.187. The van der Waals surface area contributed by atoms with E-state index in [0.29, 0.717) is 12.5 Å². The number of halogens is 1. The van der Waals surface area contributed by atoms with Crippen molar-refractivity contribution in [3.63, 3.8) is 0 Å². The molecular formula is C17H22FN3S. The predicted octanol–water partition coefficient (Wildman–Crippen LogP) is 3.31. The van der Waals surface area contributed by atoms with E-state index in [-0.39, 0.29) is 11.2 Å². The standard InChI is InChI=1S/C17H22FN3S/c1-17(2,13-5-7-14(18)8-6-13)12-21-16(19)20-10-9-15-4-3-11-22-15/h3-8,11H,9-10,12H2,1-2H3,(H3,19,20,21). The van der Waals surface area contributed by atoms with E-state index >= 15 is 0 Å². The third kappa shape index (κ3) is 4.84. The molecule has 5 heteroatoms. The Kier molecular flexibility index (Phi) is 5.55. The van der Waals surface area contributed by atoms with Crippen LogP contribution in [0.3, 0.4) is 0 Å². The number of hydrogen-bond donors (Lipinski definition) is 2. The molecule has 0 amide bonds. The molecule has 0 aliphatic heterocycles. The maximum Gasteiger partial charge on any atom is 0.188 e. The van der Waals surface area contributed by atoms with Gasteiger partial charge < -0.3 is 11.1 Å². The van der Waals surface area contributed by atoms with Crippen LogP contribution in [0.5, 0.6) is 0 Å². The summed E-state index contributed by atoms with van der Waals surface area (Å²) in [5, 5.41) is 5.20. The molecule has 22 heavy (non-hydrogen) atoms. The molecule has 0 saturated heterocycles. The molecule has 2 aromatic rings. The highest BCUT2D eigenvalue weighted by Gasteiger charge is 2.20. The van der Waals surface area contributed by atoms with E-state index in [1.54, 1.807) is 23.5 Å². The molecule has 1 aromatic carbocycles. The highest BCUT2D eigenvalue weighted by atomic mass is 32.1. The topological polar surface area (TPSA) is 50.4 Å². The van der Waals surface area contributed by atoms with Crippen molar-refractivity contribution >= 4 is 17.3 Å². The smallest absolute Gasteiger partial charge is 0.188 e. The van der Waals surface area contributed by atoms with Gasteiger partial charge in [0.25, 0.3) is 0 Å². The largest absolute Gasteiger partial charge is 0.370 e. The Morgan fingerprint density at radius 3 is 2.64 bits per heavy atom. The summed E-state index contributed by atoms with van der Waals surface area (Å²) < 4.78 is 13.0. The molecule has 118 valence electrons. The maximum absolute atomic E-state index is 13.0. The highest BCUT2D eigenvalue weighted by molar-refractivity contribution is 7.09.